The molecular weight excluding hydrogens is 216 g/mol. The summed E-state index contributed by atoms with van der Waals surface area (Å²) >= 11 is 5.87. The number of carbonyl (C=O) groups is 1. The van der Waals surface area contributed by atoms with Gasteiger partial charge in [0, 0.05) is 5.39 Å². The first-order valence-electron chi connectivity index (χ1n) is 4.28. The average Bonchev–Trinajstić information content (AvgIpc) is 2.19. The summed E-state index contributed by atoms with van der Waals surface area (Å²) in [5.41, 5.74) is 1.24. The molecule has 15 heavy (non-hydrogen) atoms. The zero-order valence-corrected chi connectivity index (χ0v) is 8.40. The number of carboxylic acid groups (broad SMARTS) is 1. The van der Waals surface area contributed by atoms with Gasteiger partial charge in [0.15, 0.2) is 0 Å². The van der Waals surface area contributed by atoms with Gasteiger partial charge in [0.25, 0.3) is 0 Å². The van der Waals surface area contributed by atoms with Crippen molar-refractivity contribution in [3.8, 4) is 0 Å². The highest BCUT2D eigenvalue weighted by atomic mass is 35.5. The molecule has 0 bridgehead atoms. The van der Waals surface area contributed by atoms with Crippen molar-refractivity contribution >= 4 is 28.5 Å². The number of halogens is 1. The van der Waals surface area contributed by atoms with E-state index in [0.29, 0.717) is 21.6 Å². The highest BCUT2D eigenvalue weighted by Crippen LogP contribution is 2.22. The average molecular weight is 223 g/mol. The molecule has 0 spiro atoms. The highest BCUT2D eigenvalue weighted by molar-refractivity contribution is 6.34. The second-order valence-corrected chi connectivity index (χ2v) is 3.41. The molecule has 0 atom stereocenters. The molecule has 1 aromatic heterocycles. The number of nitrogens with zero attached hydrogens (tertiary/aromatic N) is 2. The second-order valence-electron chi connectivity index (χ2n) is 3.05. The minimum Gasteiger partial charge on any atom is -0.481 e. The van der Waals surface area contributed by atoms with Crippen LogP contribution in [0.25, 0.3) is 10.9 Å². The Kier molecular flexibility index (Phi) is 2.51. The number of aliphatic carboxylic acids is 1. The first kappa shape index (κ1) is 9.86. The zero-order valence-electron chi connectivity index (χ0n) is 7.64. The Morgan fingerprint density at radius 2 is 2.20 bits per heavy atom. The fourth-order valence-corrected chi connectivity index (χ4v) is 1.62. The van der Waals surface area contributed by atoms with Crippen LogP contribution in [-0.4, -0.2) is 21.0 Å². The molecule has 4 nitrogen and oxygen atoms in total. The maximum atomic E-state index is 10.6. The Morgan fingerprint density at radius 1 is 1.40 bits per heavy atom. The lowest BCUT2D eigenvalue weighted by Gasteiger charge is -2.03. The number of hydrogen-bond donors (Lipinski definition) is 1. The first-order chi connectivity index (χ1) is 7.18. The predicted molar refractivity (Wildman–Crippen MR) is 55.9 cm³/mol. The van der Waals surface area contributed by atoms with Crippen molar-refractivity contribution in [2.24, 2.45) is 0 Å². The largest absolute Gasteiger partial charge is 0.481 e. The normalized spacial score (nSPS) is 10.5. The molecule has 5 heteroatoms. The van der Waals surface area contributed by atoms with Gasteiger partial charge in [-0.2, -0.15) is 0 Å². The van der Waals surface area contributed by atoms with Crippen LogP contribution in [0.1, 0.15) is 5.56 Å². The molecule has 0 aliphatic heterocycles. The van der Waals surface area contributed by atoms with E-state index in [1.165, 1.54) is 6.33 Å². The fraction of sp³-hybridized carbons (Fsp3) is 0.100. The van der Waals surface area contributed by atoms with E-state index in [1.807, 2.05) is 0 Å². The molecule has 76 valence electrons. The minimum absolute atomic E-state index is 0.0648. The van der Waals surface area contributed by atoms with Crippen molar-refractivity contribution in [3.05, 3.63) is 35.2 Å². The number of hydrogen-bond acceptors (Lipinski definition) is 3. The SMILES string of the molecule is O=C(O)Cc1cccc2c(Cl)ncnc12. The van der Waals surface area contributed by atoms with Crippen LogP contribution in [0.3, 0.4) is 0 Å². The van der Waals surface area contributed by atoms with E-state index in [2.05, 4.69) is 9.97 Å². The standard InChI is InChI=1S/C10H7ClN2O2/c11-10-7-3-1-2-6(4-8(14)15)9(7)12-5-13-10/h1-3,5H,4H2,(H,14,15). The quantitative estimate of drug-likeness (QED) is 0.789. The van der Waals surface area contributed by atoms with Gasteiger partial charge in [0.1, 0.15) is 11.5 Å². The highest BCUT2D eigenvalue weighted by Gasteiger charge is 2.08. The molecule has 0 aliphatic carbocycles. The topological polar surface area (TPSA) is 63.1 Å². The lowest BCUT2D eigenvalue weighted by Crippen LogP contribution is -2.01. The Balaban J connectivity index is 2.65. The van der Waals surface area contributed by atoms with E-state index in [1.54, 1.807) is 18.2 Å². The first-order valence-corrected chi connectivity index (χ1v) is 4.66. The van der Waals surface area contributed by atoms with Gasteiger partial charge in [-0.15, -0.1) is 0 Å². The molecule has 0 aliphatic rings. The molecule has 0 fully saturated rings. The van der Waals surface area contributed by atoms with Crippen molar-refractivity contribution in [2.45, 2.75) is 6.42 Å². The number of aromatic nitrogens is 2. The van der Waals surface area contributed by atoms with Gasteiger partial charge in [-0.05, 0) is 11.6 Å². The van der Waals surface area contributed by atoms with Crippen LogP contribution in [0.15, 0.2) is 24.5 Å². The number of carboxylic acids is 1. The molecular formula is C10H7ClN2O2. The summed E-state index contributed by atoms with van der Waals surface area (Å²) < 4.78 is 0. The molecule has 1 aromatic carbocycles. The van der Waals surface area contributed by atoms with Crippen molar-refractivity contribution in [1.82, 2.24) is 9.97 Å². The summed E-state index contributed by atoms with van der Waals surface area (Å²) in [6.07, 6.45) is 1.26. The molecule has 2 aromatic rings. The monoisotopic (exact) mass is 222 g/mol. The van der Waals surface area contributed by atoms with Crippen molar-refractivity contribution in [1.29, 1.82) is 0 Å². The van der Waals surface area contributed by atoms with E-state index >= 15 is 0 Å². The van der Waals surface area contributed by atoms with Gasteiger partial charge in [-0.3, -0.25) is 4.79 Å². The fourth-order valence-electron chi connectivity index (χ4n) is 1.42. The third kappa shape index (κ3) is 1.89. The smallest absolute Gasteiger partial charge is 0.307 e. The second kappa shape index (κ2) is 3.82. The van der Waals surface area contributed by atoms with E-state index in [4.69, 9.17) is 16.7 Å². The summed E-state index contributed by atoms with van der Waals surface area (Å²) in [6.45, 7) is 0. The summed E-state index contributed by atoms with van der Waals surface area (Å²) in [7, 11) is 0. The minimum atomic E-state index is -0.891. The van der Waals surface area contributed by atoms with Gasteiger partial charge in [-0.1, -0.05) is 23.7 Å². The van der Waals surface area contributed by atoms with Crippen LogP contribution in [0.2, 0.25) is 5.15 Å². The van der Waals surface area contributed by atoms with Crippen molar-refractivity contribution < 1.29 is 9.90 Å². The van der Waals surface area contributed by atoms with Crippen molar-refractivity contribution in [3.63, 3.8) is 0 Å². The van der Waals surface area contributed by atoms with Crippen LogP contribution in [0.5, 0.6) is 0 Å². The molecule has 1 heterocycles. The van der Waals surface area contributed by atoms with Gasteiger partial charge < -0.3 is 5.11 Å². The predicted octanol–water partition coefficient (Wildman–Crippen LogP) is 1.91. The maximum Gasteiger partial charge on any atom is 0.307 e. The molecule has 0 saturated heterocycles. The summed E-state index contributed by atoms with van der Waals surface area (Å²) in [4.78, 5) is 18.5. The molecule has 0 unspecified atom stereocenters. The van der Waals surface area contributed by atoms with Gasteiger partial charge in [-0.25, -0.2) is 9.97 Å². The lowest BCUT2D eigenvalue weighted by molar-refractivity contribution is -0.136. The van der Waals surface area contributed by atoms with Crippen molar-refractivity contribution in [2.75, 3.05) is 0 Å². The van der Waals surface area contributed by atoms with Crippen LogP contribution in [0.4, 0.5) is 0 Å². The van der Waals surface area contributed by atoms with Crippen LogP contribution in [0, 0.1) is 0 Å². The zero-order chi connectivity index (χ0) is 10.8. The van der Waals surface area contributed by atoms with E-state index in [9.17, 15) is 4.79 Å². The van der Waals surface area contributed by atoms with Gasteiger partial charge >= 0.3 is 5.97 Å². The maximum absolute atomic E-state index is 10.6. The molecule has 0 amide bonds. The number of benzene rings is 1. The Bertz CT molecular complexity index is 528. The third-order valence-electron chi connectivity index (χ3n) is 2.04. The number of rotatable bonds is 2. The van der Waals surface area contributed by atoms with Gasteiger partial charge in [0.05, 0.1) is 11.9 Å². The molecule has 0 saturated carbocycles. The number of fused-ring (bicyclic) bond motifs is 1. The van der Waals surface area contributed by atoms with E-state index in [0.717, 1.165) is 0 Å². The van der Waals surface area contributed by atoms with Crippen LogP contribution >= 0.6 is 11.6 Å². The lowest BCUT2D eigenvalue weighted by atomic mass is 10.1. The van der Waals surface area contributed by atoms with E-state index in [-0.39, 0.29) is 6.42 Å². The Morgan fingerprint density at radius 3 is 2.93 bits per heavy atom. The number of para-hydroxylation sites is 1. The third-order valence-corrected chi connectivity index (χ3v) is 2.34. The molecule has 2 rings (SSSR count). The van der Waals surface area contributed by atoms with E-state index < -0.39 is 5.97 Å². The summed E-state index contributed by atoms with van der Waals surface area (Å²) in [5.74, 6) is -0.891. The summed E-state index contributed by atoms with van der Waals surface area (Å²) in [6, 6.07) is 5.23. The Hall–Kier alpha value is -1.68. The van der Waals surface area contributed by atoms with Gasteiger partial charge in [0.2, 0.25) is 0 Å². The van der Waals surface area contributed by atoms with Crippen LogP contribution < -0.4 is 0 Å². The van der Waals surface area contributed by atoms with Crippen LogP contribution in [-0.2, 0) is 11.2 Å². The Labute approximate surface area is 90.5 Å². The summed E-state index contributed by atoms with van der Waals surface area (Å²) in [5, 5.41) is 9.74. The molecule has 0 radical (unpaired) electrons. The molecule has 1 N–H and O–H groups in total.